The van der Waals surface area contributed by atoms with Gasteiger partial charge in [0.1, 0.15) is 35.6 Å². The van der Waals surface area contributed by atoms with Gasteiger partial charge in [-0.25, -0.2) is 18.7 Å². The van der Waals surface area contributed by atoms with E-state index in [1.54, 1.807) is 0 Å². The number of nitrogens with zero attached hydrogens (tertiary/aromatic N) is 7. The molecule has 2 aliphatic rings. The predicted octanol–water partition coefficient (Wildman–Crippen LogP) is 7.20. The summed E-state index contributed by atoms with van der Waals surface area (Å²) >= 11 is 0. The Morgan fingerprint density at radius 2 is 1.90 bits per heavy atom. The van der Waals surface area contributed by atoms with E-state index in [-0.39, 0.29) is 58.1 Å². The summed E-state index contributed by atoms with van der Waals surface area (Å²) in [6, 6.07) is 3.74. The van der Waals surface area contributed by atoms with Crippen LogP contribution in [0.2, 0.25) is 0 Å². The molecule has 3 unspecified atom stereocenters. The van der Waals surface area contributed by atoms with Crippen LogP contribution < -0.4 is 20.1 Å². The Balaban J connectivity index is 0.000000388. The molecule has 1 fully saturated rings. The summed E-state index contributed by atoms with van der Waals surface area (Å²) in [4.78, 5) is 21.6. The van der Waals surface area contributed by atoms with Gasteiger partial charge in [0, 0.05) is 29.1 Å². The summed E-state index contributed by atoms with van der Waals surface area (Å²) in [6.45, 7) is 11.0. The fraction of sp³-hybridized carbons (Fsp3) is 0.457. The van der Waals surface area contributed by atoms with Crippen molar-refractivity contribution in [3.63, 3.8) is 0 Å². The lowest BCUT2D eigenvalue weighted by Gasteiger charge is -2.34. The molecule has 2 aliphatic heterocycles. The molecule has 7 rings (SSSR count). The van der Waals surface area contributed by atoms with E-state index < -0.39 is 29.8 Å². The summed E-state index contributed by atoms with van der Waals surface area (Å²) in [5, 5.41) is 7.31. The van der Waals surface area contributed by atoms with Crippen molar-refractivity contribution in [2.75, 3.05) is 37.4 Å². The zero-order valence-corrected chi connectivity index (χ0v) is 29.1. The predicted molar refractivity (Wildman–Crippen MR) is 184 cm³/mol. The highest BCUT2D eigenvalue weighted by Crippen LogP contribution is 2.46. The van der Waals surface area contributed by atoms with Crippen LogP contribution in [0.1, 0.15) is 63.3 Å². The topological polar surface area (TPSA) is 131 Å². The first-order valence-electron chi connectivity index (χ1n) is 16.8. The Morgan fingerprint density at radius 1 is 1.14 bits per heavy atom. The van der Waals surface area contributed by atoms with Crippen LogP contribution in [0, 0.1) is 12.7 Å². The fourth-order valence-corrected chi connectivity index (χ4v) is 7.19. The highest BCUT2D eigenvalue weighted by atomic mass is 19.4. The van der Waals surface area contributed by atoms with E-state index in [2.05, 4.69) is 48.9 Å². The first kappa shape index (κ1) is 35.9. The number of halogens is 5. The SMILES string of the molecule is CCC1CC(F)CN1CC.COc1nc2c3c(nc(-c4c(C(F)(F)F)c(C)cc5[nH]ncc45)cc3n1)OC[C@H](C)N2C(C)c1cc(F)cnc1N. The van der Waals surface area contributed by atoms with Crippen LogP contribution in [0.3, 0.4) is 0 Å². The van der Waals surface area contributed by atoms with E-state index in [4.69, 9.17) is 15.2 Å². The number of likely N-dealkylation sites (tertiary alicyclic amines) is 1. The Kier molecular flexibility index (Phi) is 9.90. The number of hydrogen-bond donors (Lipinski definition) is 2. The smallest absolute Gasteiger partial charge is 0.417 e. The number of aryl methyl sites for hydroxylation is 1. The van der Waals surface area contributed by atoms with Crippen molar-refractivity contribution in [1.29, 1.82) is 0 Å². The van der Waals surface area contributed by atoms with Crippen LogP contribution in [0.5, 0.6) is 11.9 Å². The number of alkyl halides is 4. The van der Waals surface area contributed by atoms with E-state index >= 15 is 0 Å². The number of anilines is 2. The van der Waals surface area contributed by atoms with Gasteiger partial charge in [0.05, 0.1) is 53.9 Å². The van der Waals surface area contributed by atoms with Crippen LogP contribution >= 0.6 is 0 Å². The molecule has 16 heteroatoms. The number of aromatic amines is 1. The minimum atomic E-state index is -4.68. The second-order valence-electron chi connectivity index (χ2n) is 12.9. The number of pyridine rings is 2. The summed E-state index contributed by atoms with van der Waals surface area (Å²) in [6.07, 6.45) is -1.03. The van der Waals surface area contributed by atoms with Gasteiger partial charge in [-0.15, -0.1) is 0 Å². The number of nitrogen functional groups attached to an aromatic ring is 1. The molecule has 0 bridgehead atoms. The number of nitrogens with one attached hydrogen (secondary N) is 1. The Labute approximate surface area is 291 Å². The van der Waals surface area contributed by atoms with Crippen molar-refractivity contribution in [2.24, 2.45) is 0 Å². The van der Waals surface area contributed by atoms with Gasteiger partial charge in [-0.3, -0.25) is 10.00 Å². The summed E-state index contributed by atoms with van der Waals surface area (Å²) in [5.41, 5.74) is 6.22. The number of hydrogen-bond acceptors (Lipinski definition) is 10. The number of rotatable bonds is 6. The summed E-state index contributed by atoms with van der Waals surface area (Å²) in [5.74, 6) is -0.0179. The van der Waals surface area contributed by atoms with E-state index in [0.29, 0.717) is 34.9 Å². The van der Waals surface area contributed by atoms with E-state index in [9.17, 15) is 22.0 Å². The number of nitrogens with two attached hydrogens (primary N) is 1. The van der Waals surface area contributed by atoms with Crippen molar-refractivity contribution in [3.8, 4) is 23.1 Å². The number of fused-ring (bicyclic) bond motifs is 1. The third-order valence-corrected chi connectivity index (χ3v) is 9.59. The monoisotopic (exact) mass is 713 g/mol. The molecule has 4 aromatic heterocycles. The number of methoxy groups -OCH3 is 1. The lowest BCUT2D eigenvalue weighted by atomic mass is 9.94. The normalized spacial score (nSPS) is 19.8. The van der Waals surface area contributed by atoms with Crippen molar-refractivity contribution >= 4 is 33.4 Å². The first-order chi connectivity index (χ1) is 24.2. The largest absolute Gasteiger partial charge is 0.475 e. The standard InChI is InChI=1S/C27H24F4N8O2.C8H16FN/c1-11-5-17-16(9-34-38-17)20(22(11)27(29,30)31)18-7-19-21-24(37-26(36-19)40-4)39(12(2)10-41-25(21)35-18)13(3)15-6-14(28)8-33-23(15)32;1-3-8-5-7(9)6-10(8)4-2/h5-9,12-13H,10H2,1-4H3,(H2,32,33)(H,34,38);7-8H,3-6H2,1-2H3/t12-,13?;/m0./s1. The highest BCUT2D eigenvalue weighted by Gasteiger charge is 2.39. The van der Waals surface area contributed by atoms with Crippen LogP contribution in [-0.4, -0.2) is 80.1 Å². The Morgan fingerprint density at radius 3 is 2.57 bits per heavy atom. The van der Waals surface area contributed by atoms with Crippen LogP contribution in [0.4, 0.5) is 33.6 Å². The minimum Gasteiger partial charge on any atom is -0.475 e. The zero-order chi connectivity index (χ0) is 36.8. The molecule has 1 saturated heterocycles. The molecule has 11 nitrogen and oxygen atoms in total. The number of benzene rings is 1. The number of H-pyrrole nitrogens is 1. The van der Waals surface area contributed by atoms with E-state index in [0.717, 1.165) is 25.6 Å². The molecule has 5 aromatic rings. The first-order valence-corrected chi connectivity index (χ1v) is 16.8. The van der Waals surface area contributed by atoms with E-state index in [1.165, 1.54) is 38.4 Å². The van der Waals surface area contributed by atoms with Gasteiger partial charge in [0.2, 0.25) is 5.88 Å². The summed E-state index contributed by atoms with van der Waals surface area (Å²) < 4.78 is 81.6. The second kappa shape index (κ2) is 14.0. The molecule has 0 saturated carbocycles. The molecule has 0 spiro atoms. The molecule has 1 aromatic carbocycles. The quantitative estimate of drug-likeness (QED) is 0.174. The van der Waals surface area contributed by atoms with Crippen molar-refractivity contribution in [2.45, 2.75) is 77.9 Å². The second-order valence-corrected chi connectivity index (χ2v) is 12.9. The van der Waals surface area contributed by atoms with Gasteiger partial charge in [-0.1, -0.05) is 13.8 Å². The lowest BCUT2D eigenvalue weighted by molar-refractivity contribution is -0.137. The maximum Gasteiger partial charge on any atom is 0.417 e. The average Bonchev–Trinajstić information content (AvgIpc) is 3.68. The number of aromatic nitrogens is 6. The van der Waals surface area contributed by atoms with E-state index in [1.807, 2.05) is 18.7 Å². The van der Waals surface area contributed by atoms with Crippen LogP contribution in [0.15, 0.2) is 30.6 Å². The van der Waals surface area contributed by atoms with Gasteiger partial charge in [0.15, 0.2) is 0 Å². The Hall–Kier alpha value is -4.86. The zero-order valence-electron chi connectivity index (χ0n) is 29.1. The van der Waals surface area contributed by atoms with Crippen molar-refractivity contribution in [3.05, 3.63) is 53.1 Å². The average molecular weight is 714 g/mol. The molecule has 0 radical (unpaired) electrons. The highest BCUT2D eigenvalue weighted by molar-refractivity contribution is 6.01. The maximum absolute atomic E-state index is 14.4. The van der Waals surface area contributed by atoms with Gasteiger partial charge in [-0.2, -0.15) is 28.2 Å². The lowest BCUT2D eigenvalue weighted by Crippen LogP contribution is -2.39. The molecule has 0 amide bonds. The molecule has 4 atom stereocenters. The van der Waals surface area contributed by atoms with Crippen LogP contribution in [0.25, 0.3) is 33.1 Å². The van der Waals surface area contributed by atoms with Gasteiger partial charge >= 0.3 is 12.2 Å². The van der Waals surface area contributed by atoms with Gasteiger partial charge in [0.25, 0.3) is 0 Å². The Bertz CT molecular complexity index is 2040. The van der Waals surface area contributed by atoms with Crippen molar-refractivity contribution < 1.29 is 31.4 Å². The molecular weight excluding hydrogens is 673 g/mol. The fourth-order valence-electron chi connectivity index (χ4n) is 7.19. The maximum atomic E-state index is 14.4. The van der Waals surface area contributed by atoms with Crippen LogP contribution in [-0.2, 0) is 6.18 Å². The summed E-state index contributed by atoms with van der Waals surface area (Å²) in [7, 11) is 1.38. The minimum absolute atomic E-state index is 0.00523. The molecule has 6 heterocycles. The molecule has 272 valence electrons. The third kappa shape index (κ3) is 6.80. The molecular formula is C35H40F5N9O2. The molecule has 0 aliphatic carbocycles. The van der Waals surface area contributed by atoms with Gasteiger partial charge in [-0.05, 0) is 63.9 Å². The van der Waals surface area contributed by atoms with Gasteiger partial charge < -0.3 is 20.1 Å². The molecule has 51 heavy (non-hydrogen) atoms. The third-order valence-electron chi connectivity index (χ3n) is 9.59. The number of ether oxygens (including phenoxy) is 2. The van der Waals surface area contributed by atoms with Crippen molar-refractivity contribution in [1.82, 2.24) is 35.0 Å². The molecule has 3 N–H and O–H groups in total.